The third-order valence-corrected chi connectivity index (χ3v) is 9.23. The Balaban J connectivity index is 1.62. The van der Waals surface area contributed by atoms with Crippen LogP contribution in [0.25, 0.3) is 0 Å². The van der Waals surface area contributed by atoms with E-state index in [2.05, 4.69) is 20.8 Å². The molecule has 4 rings (SSSR count). The summed E-state index contributed by atoms with van der Waals surface area (Å²) in [6.07, 6.45) is 14.1. The number of allylic oxidation sites excluding steroid dienone is 1. The highest BCUT2D eigenvalue weighted by Crippen LogP contribution is 2.68. The molecule has 1 N–H and O–H groups in total. The molecule has 0 aromatic carbocycles. The summed E-state index contributed by atoms with van der Waals surface area (Å²) in [7, 11) is 0. The number of unbranched alkanes of at least 4 members (excludes halogenated alkanes) is 1. The number of hydrogen-bond donors (Lipinski definition) is 1. The first-order valence-electron chi connectivity index (χ1n) is 10.8. The fraction of sp³-hybridized carbons (Fsp3) is 0.870. The largest absolute Gasteiger partial charge is 0.389 e. The first-order valence-corrected chi connectivity index (χ1v) is 10.8. The van der Waals surface area contributed by atoms with Crippen molar-refractivity contribution in [3.63, 3.8) is 0 Å². The van der Waals surface area contributed by atoms with E-state index in [1.165, 1.54) is 37.7 Å². The van der Waals surface area contributed by atoms with Crippen molar-refractivity contribution in [1.82, 2.24) is 0 Å². The Morgan fingerprint density at radius 3 is 2.60 bits per heavy atom. The van der Waals surface area contributed by atoms with Gasteiger partial charge in [0.1, 0.15) is 0 Å². The van der Waals surface area contributed by atoms with Crippen molar-refractivity contribution in [3.8, 4) is 0 Å². The van der Waals surface area contributed by atoms with Gasteiger partial charge in [-0.15, -0.1) is 0 Å². The first kappa shape index (κ1) is 17.8. The van der Waals surface area contributed by atoms with Gasteiger partial charge in [-0.25, -0.2) is 0 Å². The van der Waals surface area contributed by atoms with Gasteiger partial charge in [-0.2, -0.15) is 0 Å². The van der Waals surface area contributed by atoms with E-state index < -0.39 is 5.60 Å². The summed E-state index contributed by atoms with van der Waals surface area (Å²) in [5, 5.41) is 11.5. The maximum Gasteiger partial charge on any atom is 0.155 e. The molecule has 0 bridgehead atoms. The molecule has 0 aromatic heterocycles. The van der Waals surface area contributed by atoms with Crippen LogP contribution in [0.1, 0.15) is 91.4 Å². The topological polar surface area (TPSA) is 37.3 Å². The minimum atomic E-state index is -0.432. The van der Waals surface area contributed by atoms with Gasteiger partial charge in [0.2, 0.25) is 0 Å². The monoisotopic (exact) mass is 344 g/mol. The molecular formula is C23H36O2. The molecule has 2 heteroatoms. The molecule has 4 aliphatic carbocycles. The van der Waals surface area contributed by atoms with Crippen molar-refractivity contribution in [2.75, 3.05) is 0 Å². The normalized spacial score (nSPS) is 49.2. The van der Waals surface area contributed by atoms with Crippen LogP contribution >= 0.6 is 0 Å². The molecule has 4 aliphatic rings. The van der Waals surface area contributed by atoms with Crippen LogP contribution in [0.3, 0.4) is 0 Å². The third-order valence-electron chi connectivity index (χ3n) is 9.23. The van der Waals surface area contributed by atoms with Crippen molar-refractivity contribution in [2.45, 2.75) is 97.0 Å². The maximum absolute atomic E-state index is 11.9. The van der Waals surface area contributed by atoms with Gasteiger partial charge in [-0.1, -0.05) is 39.2 Å². The highest BCUT2D eigenvalue weighted by molar-refractivity contribution is 5.91. The summed E-state index contributed by atoms with van der Waals surface area (Å²) in [6, 6.07) is 0. The van der Waals surface area contributed by atoms with Crippen LogP contribution in [0.2, 0.25) is 0 Å². The van der Waals surface area contributed by atoms with Crippen molar-refractivity contribution >= 4 is 5.78 Å². The zero-order valence-corrected chi connectivity index (χ0v) is 16.4. The quantitative estimate of drug-likeness (QED) is 0.740. The molecule has 0 amide bonds. The number of aliphatic hydroxyl groups is 1. The van der Waals surface area contributed by atoms with E-state index in [1.54, 1.807) is 0 Å². The molecule has 3 saturated carbocycles. The minimum absolute atomic E-state index is 0.116. The van der Waals surface area contributed by atoms with Gasteiger partial charge in [0.25, 0.3) is 0 Å². The molecule has 0 aliphatic heterocycles. The molecule has 6 atom stereocenters. The fourth-order valence-corrected chi connectivity index (χ4v) is 7.55. The zero-order valence-electron chi connectivity index (χ0n) is 16.4. The number of hydrogen-bond acceptors (Lipinski definition) is 2. The Bertz CT molecular complexity index is 593. The number of ketones is 1. The lowest BCUT2D eigenvalue weighted by Crippen LogP contribution is -2.54. The number of carbonyl (C=O) groups is 1. The van der Waals surface area contributed by atoms with E-state index in [1.807, 2.05) is 6.08 Å². The molecule has 0 aromatic rings. The Hall–Kier alpha value is -0.630. The summed E-state index contributed by atoms with van der Waals surface area (Å²) in [5.41, 5.74) is 1.39. The van der Waals surface area contributed by atoms with Gasteiger partial charge in [0.05, 0.1) is 5.60 Å². The third kappa shape index (κ3) is 2.42. The molecule has 0 radical (unpaired) electrons. The SMILES string of the molecule is CCCC[C@]1(O)CCC2C3CCC4=CC(=O)CC[C@]4(C)C3CC[C@@]21C. The van der Waals surface area contributed by atoms with E-state index in [-0.39, 0.29) is 10.8 Å². The van der Waals surface area contributed by atoms with Gasteiger partial charge in [0, 0.05) is 6.42 Å². The van der Waals surface area contributed by atoms with E-state index in [9.17, 15) is 9.90 Å². The first-order chi connectivity index (χ1) is 11.8. The molecule has 25 heavy (non-hydrogen) atoms. The summed E-state index contributed by atoms with van der Waals surface area (Å²) in [6.45, 7) is 7.09. The Morgan fingerprint density at radius 2 is 1.84 bits per heavy atom. The van der Waals surface area contributed by atoms with Crippen molar-refractivity contribution in [3.05, 3.63) is 11.6 Å². The van der Waals surface area contributed by atoms with Crippen molar-refractivity contribution in [1.29, 1.82) is 0 Å². The lowest BCUT2D eigenvalue weighted by atomic mass is 9.46. The highest BCUT2D eigenvalue weighted by Gasteiger charge is 2.63. The van der Waals surface area contributed by atoms with Gasteiger partial charge < -0.3 is 5.11 Å². The van der Waals surface area contributed by atoms with Crippen LogP contribution in [-0.4, -0.2) is 16.5 Å². The molecule has 3 unspecified atom stereocenters. The minimum Gasteiger partial charge on any atom is -0.389 e. The summed E-state index contributed by atoms with van der Waals surface area (Å²) >= 11 is 0. The van der Waals surface area contributed by atoms with Crippen LogP contribution in [0, 0.1) is 28.6 Å². The van der Waals surface area contributed by atoms with Crippen LogP contribution < -0.4 is 0 Å². The summed E-state index contributed by atoms with van der Waals surface area (Å²) in [4.78, 5) is 11.9. The highest BCUT2D eigenvalue weighted by atomic mass is 16.3. The molecule has 0 saturated heterocycles. The van der Waals surface area contributed by atoms with Crippen molar-refractivity contribution < 1.29 is 9.90 Å². The summed E-state index contributed by atoms with van der Waals surface area (Å²) in [5.74, 6) is 2.52. The lowest BCUT2D eigenvalue weighted by Gasteiger charge is -2.59. The number of carbonyl (C=O) groups excluding carboxylic acids is 1. The molecule has 2 nitrogen and oxygen atoms in total. The molecule has 140 valence electrons. The Kier molecular flexibility index (Phi) is 4.22. The lowest BCUT2D eigenvalue weighted by molar-refractivity contribution is -0.133. The average Bonchev–Trinajstić information content (AvgIpc) is 2.85. The molecule has 3 fully saturated rings. The van der Waals surface area contributed by atoms with Gasteiger partial charge in [-0.05, 0) is 86.0 Å². The molecule has 0 spiro atoms. The van der Waals surface area contributed by atoms with Gasteiger partial charge >= 0.3 is 0 Å². The van der Waals surface area contributed by atoms with Gasteiger partial charge in [-0.3, -0.25) is 4.79 Å². The van der Waals surface area contributed by atoms with E-state index in [0.717, 1.165) is 50.4 Å². The van der Waals surface area contributed by atoms with Crippen LogP contribution in [-0.2, 0) is 4.79 Å². The fourth-order valence-electron chi connectivity index (χ4n) is 7.55. The zero-order chi connectivity index (χ0) is 17.9. The maximum atomic E-state index is 11.9. The molecule has 0 heterocycles. The predicted molar refractivity (Wildman–Crippen MR) is 101 cm³/mol. The number of rotatable bonds is 3. The second-order valence-electron chi connectivity index (χ2n) is 10.1. The smallest absolute Gasteiger partial charge is 0.155 e. The van der Waals surface area contributed by atoms with Crippen LogP contribution in [0.15, 0.2) is 11.6 Å². The van der Waals surface area contributed by atoms with Gasteiger partial charge in [0.15, 0.2) is 5.78 Å². The Morgan fingerprint density at radius 1 is 1.08 bits per heavy atom. The average molecular weight is 345 g/mol. The van der Waals surface area contributed by atoms with Crippen molar-refractivity contribution in [2.24, 2.45) is 28.6 Å². The predicted octanol–water partition coefficient (Wildman–Crippen LogP) is 5.44. The van der Waals surface area contributed by atoms with Crippen LogP contribution in [0.5, 0.6) is 0 Å². The molecular weight excluding hydrogens is 308 g/mol. The van der Waals surface area contributed by atoms with E-state index in [0.29, 0.717) is 11.7 Å². The Labute approximate surface area is 153 Å². The van der Waals surface area contributed by atoms with E-state index >= 15 is 0 Å². The number of fused-ring (bicyclic) bond motifs is 5. The van der Waals surface area contributed by atoms with Crippen LogP contribution in [0.4, 0.5) is 0 Å². The standard InChI is InChI=1S/C23H36O2/c1-4-5-11-23(25)14-10-20-18-7-6-16-15-17(24)8-12-21(16,2)19(18)9-13-22(20,23)3/h15,18-20,25H,4-14H2,1-3H3/t18?,19?,20?,21-,22-,23-/m0/s1. The summed E-state index contributed by atoms with van der Waals surface area (Å²) < 4.78 is 0. The van der Waals surface area contributed by atoms with E-state index in [4.69, 9.17) is 0 Å². The second kappa shape index (κ2) is 5.94. The second-order valence-corrected chi connectivity index (χ2v) is 10.1.